The van der Waals surface area contributed by atoms with E-state index in [4.69, 9.17) is 11.6 Å². The zero-order valence-electron chi connectivity index (χ0n) is 5.67. The first-order valence-electron chi connectivity index (χ1n) is 2.80. The maximum absolute atomic E-state index is 5.52. The number of hydrogen-bond donors (Lipinski definition) is 0. The normalized spacial score (nSPS) is 8.60. The molecule has 10 heavy (non-hydrogen) atoms. The van der Waals surface area contributed by atoms with Crippen molar-refractivity contribution in [1.29, 1.82) is 0 Å². The minimum absolute atomic E-state index is 0. The van der Waals surface area contributed by atoms with Crippen molar-refractivity contribution in [3.8, 4) is 0 Å². The van der Waals surface area contributed by atoms with Crippen LogP contribution in [0.4, 0.5) is 0 Å². The third kappa shape index (κ3) is 2.67. The fourth-order valence-corrected chi connectivity index (χ4v) is 0.736. The number of pyridine rings is 1. The van der Waals surface area contributed by atoms with Gasteiger partial charge in [0.2, 0.25) is 0 Å². The fraction of sp³-hybridized carbons (Fsp3) is 0.286. The molecule has 0 radical (unpaired) electrons. The average Bonchev–Trinajstić information content (AvgIpc) is 1.90. The number of rotatable bonds is 1. The molecule has 0 atom stereocenters. The van der Waals surface area contributed by atoms with Crippen molar-refractivity contribution in [3.05, 3.63) is 29.6 Å². The molecule has 0 spiro atoms. The predicted octanol–water partition coefficient (Wildman–Crippen LogP) is 2.71. The summed E-state index contributed by atoms with van der Waals surface area (Å²) in [4.78, 5) is 4.06. The van der Waals surface area contributed by atoms with Gasteiger partial charge in [-0.05, 0) is 18.6 Å². The fourth-order valence-electron chi connectivity index (χ4n) is 0.577. The minimum atomic E-state index is 0. The van der Waals surface area contributed by atoms with Gasteiger partial charge in [0.05, 0.1) is 11.6 Å². The highest BCUT2D eigenvalue weighted by atomic mass is 79.9. The number of aryl methyl sites for hydroxylation is 1. The molecule has 0 N–H and O–H groups in total. The molecular weight excluding hydrogens is 213 g/mol. The summed E-state index contributed by atoms with van der Waals surface area (Å²) in [6.07, 6.45) is 1.82. The van der Waals surface area contributed by atoms with E-state index in [2.05, 4.69) is 4.98 Å². The summed E-state index contributed by atoms with van der Waals surface area (Å²) in [7, 11) is 0. The summed E-state index contributed by atoms with van der Waals surface area (Å²) < 4.78 is 0. The van der Waals surface area contributed by atoms with E-state index < -0.39 is 0 Å². The Labute approximate surface area is 76.2 Å². The molecular formula is C7H9BrClN. The average molecular weight is 223 g/mol. The maximum atomic E-state index is 5.52. The molecule has 0 aliphatic carbocycles. The van der Waals surface area contributed by atoms with Gasteiger partial charge in [0.25, 0.3) is 0 Å². The molecule has 3 heteroatoms. The van der Waals surface area contributed by atoms with Crippen LogP contribution in [0.5, 0.6) is 0 Å². The second-order valence-electron chi connectivity index (χ2n) is 1.96. The van der Waals surface area contributed by atoms with E-state index in [0.29, 0.717) is 5.88 Å². The van der Waals surface area contributed by atoms with E-state index in [9.17, 15) is 0 Å². The molecule has 56 valence electrons. The van der Waals surface area contributed by atoms with Crippen LogP contribution in [-0.4, -0.2) is 4.98 Å². The standard InChI is InChI=1S/C7H8ClN.BrH/c1-6-2-3-7(4-8)9-5-6;/h2-3,5H,4H2,1H3;1H. The Hall–Kier alpha value is -0.0800. The van der Waals surface area contributed by atoms with Crippen LogP contribution in [0.1, 0.15) is 11.3 Å². The number of nitrogens with zero attached hydrogens (tertiary/aromatic N) is 1. The van der Waals surface area contributed by atoms with Gasteiger partial charge < -0.3 is 0 Å². The van der Waals surface area contributed by atoms with Crippen LogP contribution in [0, 0.1) is 6.92 Å². The van der Waals surface area contributed by atoms with Crippen molar-refractivity contribution in [2.24, 2.45) is 0 Å². The van der Waals surface area contributed by atoms with Crippen LogP contribution in [-0.2, 0) is 5.88 Å². The second-order valence-corrected chi connectivity index (χ2v) is 2.23. The molecule has 0 saturated heterocycles. The van der Waals surface area contributed by atoms with Gasteiger partial charge in [0, 0.05) is 6.20 Å². The van der Waals surface area contributed by atoms with Gasteiger partial charge in [-0.15, -0.1) is 28.6 Å². The smallest absolute Gasteiger partial charge is 0.0647 e. The molecule has 0 unspecified atom stereocenters. The predicted molar refractivity (Wildman–Crippen MR) is 48.9 cm³/mol. The first-order valence-corrected chi connectivity index (χ1v) is 3.34. The first kappa shape index (κ1) is 9.92. The maximum Gasteiger partial charge on any atom is 0.0647 e. The van der Waals surface area contributed by atoms with Crippen molar-refractivity contribution in [3.63, 3.8) is 0 Å². The lowest BCUT2D eigenvalue weighted by Gasteiger charge is -1.92. The van der Waals surface area contributed by atoms with Crippen LogP contribution in [0.25, 0.3) is 0 Å². The van der Waals surface area contributed by atoms with Gasteiger partial charge in [-0.2, -0.15) is 0 Å². The lowest BCUT2D eigenvalue weighted by Crippen LogP contribution is -1.83. The molecule has 1 rings (SSSR count). The Balaban J connectivity index is 0.000000810. The molecule has 1 nitrogen and oxygen atoms in total. The van der Waals surface area contributed by atoms with Gasteiger partial charge in [0.1, 0.15) is 0 Å². The van der Waals surface area contributed by atoms with E-state index in [1.807, 2.05) is 25.3 Å². The minimum Gasteiger partial charge on any atom is -0.260 e. The van der Waals surface area contributed by atoms with Gasteiger partial charge in [-0.25, -0.2) is 0 Å². The Morgan fingerprint density at radius 1 is 1.50 bits per heavy atom. The Bertz CT molecular complexity index is 185. The summed E-state index contributed by atoms with van der Waals surface area (Å²) >= 11 is 5.52. The summed E-state index contributed by atoms with van der Waals surface area (Å²) in [5.74, 6) is 0.500. The van der Waals surface area contributed by atoms with Crippen molar-refractivity contribution in [1.82, 2.24) is 4.98 Å². The Kier molecular flexibility index (Phi) is 4.65. The summed E-state index contributed by atoms with van der Waals surface area (Å²) in [5.41, 5.74) is 2.10. The summed E-state index contributed by atoms with van der Waals surface area (Å²) in [5, 5.41) is 0. The Morgan fingerprint density at radius 2 is 2.20 bits per heavy atom. The third-order valence-corrected chi connectivity index (χ3v) is 1.38. The molecule has 1 aromatic rings. The van der Waals surface area contributed by atoms with E-state index in [0.717, 1.165) is 5.69 Å². The quantitative estimate of drug-likeness (QED) is 0.666. The van der Waals surface area contributed by atoms with E-state index >= 15 is 0 Å². The number of alkyl halides is 1. The van der Waals surface area contributed by atoms with Crippen molar-refractivity contribution in [2.75, 3.05) is 0 Å². The molecule has 0 aliphatic rings. The van der Waals surface area contributed by atoms with E-state index in [1.54, 1.807) is 0 Å². The lowest BCUT2D eigenvalue weighted by molar-refractivity contribution is 1.14. The summed E-state index contributed by atoms with van der Waals surface area (Å²) in [6, 6.07) is 3.94. The van der Waals surface area contributed by atoms with Gasteiger partial charge in [0.15, 0.2) is 0 Å². The van der Waals surface area contributed by atoms with Crippen molar-refractivity contribution in [2.45, 2.75) is 12.8 Å². The molecule has 0 aromatic carbocycles. The van der Waals surface area contributed by atoms with Crippen LogP contribution in [0.2, 0.25) is 0 Å². The zero-order valence-corrected chi connectivity index (χ0v) is 8.14. The topological polar surface area (TPSA) is 12.9 Å². The third-order valence-electron chi connectivity index (χ3n) is 1.11. The molecule has 1 heterocycles. The Morgan fingerprint density at radius 3 is 2.60 bits per heavy atom. The second kappa shape index (κ2) is 4.69. The molecule has 0 bridgehead atoms. The highest BCUT2D eigenvalue weighted by molar-refractivity contribution is 8.93. The lowest BCUT2D eigenvalue weighted by atomic mass is 10.3. The van der Waals surface area contributed by atoms with Crippen LogP contribution in [0.15, 0.2) is 18.3 Å². The molecule has 1 aromatic heterocycles. The van der Waals surface area contributed by atoms with Crippen LogP contribution in [0.3, 0.4) is 0 Å². The van der Waals surface area contributed by atoms with Crippen molar-refractivity contribution < 1.29 is 0 Å². The highest BCUT2D eigenvalue weighted by Gasteiger charge is 1.87. The van der Waals surface area contributed by atoms with E-state index in [1.165, 1.54) is 5.56 Å². The molecule has 0 aliphatic heterocycles. The zero-order chi connectivity index (χ0) is 6.69. The number of halogens is 2. The molecule has 0 fully saturated rings. The van der Waals surface area contributed by atoms with Gasteiger partial charge in [-0.3, -0.25) is 4.98 Å². The highest BCUT2D eigenvalue weighted by Crippen LogP contribution is 2.00. The first-order chi connectivity index (χ1) is 4.33. The van der Waals surface area contributed by atoms with Crippen molar-refractivity contribution >= 4 is 28.6 Å². The number of hydrogen-bond acceptors (Lipinski definition) is 1. The molecule has 0 saturated carbocycles. The largest absolute Gasteiger partial charge is 0.260 e. The van der Waals surface area contributed by atoms with Gasteiger partial charge in [-0.1, -0.05) is 6.07 Å². The summed E-state index contributed by atoms with van der Waals surface area (Å²) in [6.45, 7) is 2.00. The van der Waals surface area contributed by atoms with Gasteiger partial charge >= 0.3 is 0 Å². The van der Waals surface area contributed by atoms with Crippen LogP contribution >= 0.6 is 28.6 Å². The van der Waals surface area contributed by atoms with E-state index in [-0.39, 0.29) is 17.0 Å². The van der Waals surface area contributed by atoms with Crippen LogP contribution < -0.4 is 0 Å². The monoisotopic (exact) mass is 221 g/mol. The number of aromatic nitrogens is 1. The SMILES string of the molecule is Br.Cc1ccc(CCl)nc1. The molecule has 0 amide bonds.